The minimum absolute atomic E-state index is 0.135. The number of nitriles is 1. The molecule has 3 aromatic rings. The molecular weight excluding hydrogens is 374 g/mol. The number of hydrogen-bond donors (Lipinski definition) is 2. The van der Waals surface area contributed by atoms with Crippen LogP contribution in [0.15, 0.2) is 41.7 Å². The molecule has 0 unspecified atom stereocenters. The summed E-state index contributed by atoms with van der Waals surface area (Å²) < 4.78 is 29.1. The van der Waals surface area contributed by atoms with Gasteiger partial charge < -0.3 is 4.98 Å². The molecule has 9 heteroatoms. The maximum absolute atomic E-state index is 12.5. The van der Waals surface area contributed by atoms with E-state index < -0.39 is 10.0 Å². The third-order valence-corrected chi connectivity index (χ3v) is 4.91. The Kier molecular flexibility index (Phi) is 8.16. The van der Waals surface area contributed by atoms with Crippen LogP contribution in [0, 0.1) is 11.8 Å². The summed E-state index contributed by atoms with van der Waals surface area (Å²) in [5, 5.41) is 11.9. The van der Waals surface area contributed by atoms with Crippen LogP contribution >= 0.6 is 11.6 Å². The number of para-hydroxylation sites is 1. The molecule has 2 aromatic heterocycles. The predicted molar refractivity (Wildman–Crippen MR) is 105 cm³/mol. The van der Waals surface area contributed by atoms with Crippen molar-refractivity contribution in [3.63, 3.8) is 0 Å². The molecule has 140 valence electrons. The first kappa shape index (κ1) is 21.5. The fourth-order valence-electron chi connectivity index (χ4n) is 2.24. The molecule has 0 aliphatic rings. The average molecular weight is 396 g/mol. The van der Waals surface area contributed by atoms with Crippen molar-refractivity contribution in [1.82, 2.24) is 14.8 Å². The second-order valence-electron chi connectivity index (χ2n) is 4.91. The van der Waals surface area contributed by atoms with Crippen molar-refractivity contribution in [3.8, 4) is 6.57 Å². The minimum atomic E-state index is -3.69. The van der Waals surface area contributed by atoms with Gasteiger partial charge in [-0.1, -0.05) is 44.5 Å². The van der Waals surface area contributed by atoms with Crippen LogP contribution in [-0.4, -0.2) is 23.2 Å². The zero-order valence-electron chi connectivity index (χ0n) is 14.9. The van der Waals surface area contributed by atoms with E-state index in [2.05, 4.69) is 21.4 Å². The Bertz CT molecular complexity index is 960. The Hall–Kier alpha value is -2.50. The van der Waals surface area contributed by atoms with Crippen molar-refractivity contribution in [2.45, 2.75) is 38.6 Å². The number of hydrogen-bond acceptors (Lipinski definition) is 4. The number of sulfonamides is 1. The lowest BCUT2D eigenvalue weighted by atomic mass is 10.2. The number of anilines is 1. The molecule has 0 aliphatic heterocycles. The van der Waals surface area contributed by atoms with Crippen molar-refractivity contribution in [2.24, 2.45) is 0 Å². The van der Waals surface area contributed by atoms with E-state index in [0.29, 0.717) is 22.8 Å². The number of nitrogens with one attached hydrogen (secondary N) is 2. The van der Waals surface area contributed by atoms with Gasteiger partial charge in [-0.3, -0.25) is 9.40 Å². The van der Waals surface area contributed by atoms with Gasteiger partial charge in [0.2, 0.25) is 0 Å². The SMILES string of the molecule is C#N.CC.CCCn1cc(S(=O)(=O)Nc2cccc3c(Cl)c[nH]c23)cn1. The molecule has 0 spiro atoms. The van der Waals surface area contributed by atoms with Gasteiger partial charge in [0.25, 0.3) is 10.0 Å². The van der Waals surface area contributed by atoms with Crippen molar-refractivity contribution in [2.75, 3.05) is 4.72 Å². The van der Waals surface area contributed by atoms with E-state index in [4.69, 9.17) is 16.9 Å². The third-order valence-electron chi connectivity index (χ3n) is 3.28. The largest absolute Gasteiger partial charge is 0.358 e. The standard InChI is InChI=1S/C14H15ClN4O2S.C2H6.CHN/c1-2-6-19-9-10(7-17-19)22(20,21)18-13-5-3-4-11-12(15)8-16-14(11)13;2*1-2/h3-5,7-9,16,18H,2,6H2,1H3;1-2H3;1H. The van der Waals surface area contributed by atoms with Crippen LogP contribution in [-0.2, 0) is 16.6 Å². The van der Waals surface area contributed by atoms with Crippen molar-refractivity contribution in [3.05, 3.63) is 41.8 Å². The van der Waals surface area contributed by atoms with Crippen LogP contribution in [0.25, 0.3) is 10.9 Å². The molecule has 3 rings (SSSR count). The number of aromatic amines is 1. The number of halogens is 1. The lowest BCUT2D eigenvalue weighted by Crippen LogP contribution is -2.12. The Morgan fingerprint density at radius 1 is 1.35 bits per heavy atom. The van der Waals surface area contributed by atoms with Gasteiger partial charge in [0.15, 0.2) is 0 Å². The van der Waals surface area contributed by atoms with Gasteiger partial charge in [0, 0.05) is 30.9 Å². The molecule has 2 heterocycles. The van der Waals surface area contributed by atoms with E-state index >= 15 is 0 Å². The highest BCUT2D eigenvalue weighted by Gasteiger charge is 2.18. The number of aromatic nitrogens is 3. The lowest BCUT2D eigenvalue weighted by molar-refractivity contribution is 0.595. The van der Waals surface area contributed by atoms with Gasteiger partial charge in [-0.2, -0.15) is 5.10 Å². The highest BCUT2D eigenvalue weighted by molar-refractivity contribution is 7.92. The summed E-state index contributed by atoms with van der Waals surface area (Å²) >= 11 is 6.05. The molecular formula is C17H22ClN5O2S. The number of aryl methyl sites for hydroxylation is 1. The Labute approximate surface area is 158 Å². The summed E-state index contributed by atoms with van der Waals surface area (Å²) in [6.07, 6.45) is 5.38. The van der Waals surface area contributed by atoms with Gasteiger partial charge in [0.1, 0.15) is 4.90 Å². The summed E-state index contributed by atoms with van der Waals surface area (Å²) in [6, 6.07) is 5.26. The van der Waals surface area contributed by atoms with E-state index in [9.17, 15) is 8.42 Å². The van der Waals surface area contributed by atoms with Crippen molar-refractivity contribution < 1.29 is 8.42 Å². The number of fused-ring (bicyclic) bond motifs is 1. The van der Waals surface area contributed by atoms with Crippen LogP contribution in [0.1, 0.15) is 27.2 Å². The zero-order chi connectivity index (χ0) is 19.7. The molecule has 2 N–H and O–H groups in total. The van der Waals surface area contributed by atoms with Crippen LogP contribution in [0.5, 0.6) is 0 Å². The highest BCUT2D eigenvalue weighted by atomic mass is 35.5. The number of benzene rings is 1. The van der Waals surface area contributed by atoms with E-state index in [1.54, 1.807) is 23.0 Å². The van der Waals surface area contributed by atoms with Gasteiger partial charge in [-0.25, -0.2) is 13.7 Å². The maximum atomic E-state index is 12.5. The topological polar surface area (TPSA) is 104 Å². The van der Waals surface area contributed by atoms with Crippen molar-refractivity contribution >= 4 is 38.2 Å². The molecule has 0 bridgehead atoms. The monoisotopic (exact) mass is 395 g/mol. The Balaban J connectivity index is 0.000000791. The summed E-state index contributed by atoms with van der Waals surface area (Å²) in [5.74, 6) is 0. The number of H-pyrrole nitrogens is 1. The molecule has 0 radical (unpaired) electrons. The summed E-state index contributed by atoms with van der Waals surface area (Å²) in [4.78, 5) is 3.11. The normalized spacial score (nSPS) is 10.4. The first-order valence-electron chi connectivity index (χ1n) is 8.08. The highest BCUT2D eigenvalue weighted by Crippen LogP contribution is 2.29. The van der Waals surface area contributed by atoms with Gasteiger partial charge >= 0.3 is 0 Å². The quantitative estimate of drug-likeness (QED) is 0.668. The summed E-state index contributed by atoms with van der Waals surface area (Å²) in [7, 11) is -3.69. The molecule has 0 atom stereocenters. The van der Waals surface area contributed by atoms with E-state index in [-0.39, 0.29) is 4.90 Å². The number of rotatable bonds is 5. The lowest BCUT2D eigenvalue weighted by Gasteiger charge is -2.07. The second-order valence-corrected chi connectivity index (χ2v) is 7.00. The molecule has 0 amide bonds. The molecule has 26 heavy (non-hydrogen) atoms. The molecule has 0 aliphatic carbocycles. The second kappa shape index (κ2) is 9.85. The van der Waals surface area contributed by atoms with Gasteiger partial charge in [0.05, 0.1) is 22.4 Å². The smallest absolute Gasteiger partial charge is 0.265 e. The number of nitrogens with zero attached hydrogens (tertiary/aromatic N) is 3. The van der Waals surface area contributed by atoms with Gasteiger partial charge in [-0.15, -0.1) is 0 Å². The zero-order valence-corrected chi connectivity index (χ0v) is 16.5. The average Bonchev–Trinajstić information content (AvgIpc) is 3.27. The first-order valence-corrected chi connectivity index (χ1v) is 9.94. The molecule has 0 fully saturated rings. The van der Waals surface area contributed by atoms with Crippen LogP contribution in [0.4, 0.5) is 5.69 Å². The summed E-state index contributed by atoms with van der Waals surface area (Å²) in [5.41, 5.74) is 1.10. The molecule has 0 saturated carbocycles. The molecule has 7 nitrogen and oxygen atoms in total. The third kappa shape index (κ3) is 4.77. The Morgan fingerprint density at radius 3 is 2.69 bits per heavy atom. The first-order chi connectivity index (χ1) is 12.5. The summed E-state index contributed by atoms with van der Waals surface area (Å²) in [6.45, 7) is 10.2. The maximum Gasteiger partial charge on any atom is 0.265 e. The van der Waals surface area contributed by atoms with E-state index in [0.717, 1.165) is 11.8 Å². The molecule has 0 saturated heterocycles. The molecule has 1 aromatic carbocycles. The van der Waals surface area contributed by atoms with E-state index in [1.807, 2.05) is 26.8 Å². The Morgan fingerprint density at radius 2 is 2.04 bits per heavy atom. The van der Waals surface area contributed by atoms with Crippen LogP contribution < -0.4 is 4.72 Å². The van der Waals surface area contributed by atoms with Gasteiger partial charge in [-0.05, 0) is 12.5 Å². The fourth-order valence-corrected chi connectivity index (χ4v) is 3.48. The van der Waals surface area contributed by atoms with Crippen LogP contribution in [0.3, 0.4) is 0 Å². The van der Waals surface area contributed by atoms with Crippen LogP contribution in [0.2, 0.25) is 5.02 Å². The van der Waals surface area contributed by atoms with E-state index in [1.165, 1.54) is 12.4 Å². The van der Waals surface area contributed by atoms with Crippen molar-refractivity contribution in [1.29, 1.82) is 5.26 Å². The minimum Gasteiger partial charge on any atom is -0.358 e. The fraction of sp³-hybridized carbons (Fsp3) is 0.294. The predicted octanol–water partition coefficient (Wildman–Crippen LogP) is 4.39.